The van der Waals surface area contributed by atoms with Gasteiger partial charge in [0, 0.05) is 22.9 Å². The van der Waals surface area contributed by atoms with Crippen LogP contribution in [0.4, 0.5) is 11.4 Å². The van der Waals surface area contributed by atoms with Gasteiger partial charge in [0.2, 0.25) is 0 Å². The number of fused-ring (bicyclic) bond motifs is 1. The number of nitrogen functional groups attached to an aromatic ring is 1. The van der Waals surface area contributed by atoms with Crippen molar-refractivity contribution in [2.24, 2.45) is 0 Å². The van der Waals surface area contributed by atoms with E-state index in [4.69, 9.17) is 22.1 Å². The quantitative estimate of drug-likeness (QED) is 0.875. The summed E-state index contributed by atoms with van der Waals surface area (Å²) in [7, 11) is 0. The molecule has 5 heteroatoms. The Morgan fingerprint density at radius 2 is 2.17 bits per heavy atom. The highest BCUT2D eigenvalue weighted by Gasteiger charge is 2.23. The summed E-state index contributed by atoms with van der Waals surface area (Å²) in [5, 5.41) is 0.684. The molecule has 23 heavy (non-hydrogen) atoms. The summed E-state index contributed by atoms with van der Waals surface area (Å²) < 4.78 is 5.62. The zero-order chi connectivity index (χ0) is 16.4. The third-order valence-electron chi connectivity index (χ3n) is 4.08. The average Bonchev–Trinajstić information content (AvgIpc) is 2.55. The summed E-state index contributed by atoms with van der Waals surface area (Å²) in [5.41, 5.74) is 9.64. The molecule has 1 aliphatic heterocycles. The summed E-state index contributed by atoms with van der Waals surface area (Å²) in [5.74, 6) is 0.578. The van der Waals surface area contributed by atoms with Crippen LogP contribution in [-0.4, -0.2) is 19.1 Å². The number of anilines is 2. The van der Waals surface area contributed by atoms with E-state index in [1.54, 1.807) is 17.0 Å². The van der Waals surface area contributed by atoms with Crippen molar-refractivity contribution < 1.29 is 9.53 Å². The van der Waals surface area contributed by atoms with E-state index in [-0.39, 0.29) is 12.5 Å². The van der Waals surface area contributed by atoms with E-state index in [1.807, 2.05) is 31.2 Å². The van der Waals surface area contributed by atoms with Gasteiger partial charge >= 0.3 is 0 Å². The van der Waals surface area contributed by atoms with Gasteiger partial charge in [0.1, 0.15) is 5.75 Å². The minimum Gasteiger partial charge on any atom is -0.484 e. The summed E-state index contributed by atoms with van der Waals surface area (Å²) in [6.07, 6.45) is 1.82. The summed E-state index contributed by atoms with van der Waals surface area (Å²) in [4.78, 5) is 14.3. The first-order valence-corrected chi connectivity index (χ1v) is 8.01. The maximum absolute atomic E-state index is 12.5. The molecule has 2 N–H and O–H groups in total. The molecule has 0 saturated heterocycles. The van der Waals surface area contributed by atoms with Crippen LogP contribution in [0.5, 0.6) is 5.75 Å². The average molecular weight is 331 g/mol. The Bertz CT molecular complexity index is 746. The highest BCUT2D eigenvalue weighted by atomic mass is 35.5. The van der Waals surface area contributed by atoms with Crippen molar-refractivity contribution in [3.63, 3.8) is 0 Å². The molecule has 4 nitrogen and oxygen atoms in total. The van der Waals surface area contributed by atoms with Crippen molar-refractivity contribution in [2.75, 3.05) is 23.8 Å². The summed E-state index contributed by atoms with van der Waals surface area (Å²) in [6, 6.07) is 11.1. The van der Waals surface area contributed by atoms with Crippen LogP contribution < -0.4 is 15.4 Å². The largest absolute Gasteiger partial charge is 0.484 e. The lowest BCUT2D eigenvalue weighted by Gasteiger charge is -2.30. The van der Waals surface area contributed by atoms with E-state index in [1.165, 1.54) is 0 Å². The molecular formula is C18H19ClN2O2. The molecule has 1 amide bonds. The number of hydrogen-bond donors (Lipinski definition) is 1. The minimum atomic E-state index is -0.0656. The number of amides is 1. The van der Waals surface area contributed by atoms with E-state index in [9.17, 15) is 4.79 Å². The molecule has 0 spiro atoms. The number of ether oxygens (including phenoxy) is 1. The van der Waals surface area contributed by atoms with Crippen molar-refractivity contribution in [3.05, 3.63) is 52.5 Å². The number of hydrogen-bond acceptors (Lipinski definition) is 3. The standard InChI is InChI=1S/C18H19ClN2O2/c1-12-10-13(7-8-15(12)19)23-11-18(22)21-9-3-4-14-16(20)5-2-6-17(14)21/h2,5-8,10H,3-4,9,11,20H2,1H3. The summed E-state index contributed by atoms with van der Waals surface area (Å²) >= 11 is 5.99. The van der Waals surface area contributed by atoms with E-state index < -0.39 is 0 Å². The SMILES string of the molecule is Cc1cc(OCC(=O)N2CCCc3c(N)cccc32)ccc1Cl. The number of rotatable bonds is 3. The van der Waals surface area contributed by atoms with Crippen LogP contribution >= 0.6 is 11.6 Å². The number of aryl methyl sites for hydroxylation is 1. The molecule has 0 aliphatic carbocycles. The van der Waals surface area contributed by atoms with Gasteiger partial charge in [0.15, 0.2) is 6.61 Å². The Hall–Kier alpha value is -2.20. The van der Waals surface area contributed by atoms with E-state index >= 15 is 0 Å². The zero-order valence-electron chi connectivity index (χ0n) is 13.0. The maximum Gasteiger partial charge on any atom is 0.264 e. The molecule has 0 aromatic heterocycles. The van der Waals surface area contributed by atoms with E-state index in [2.05, 4.69) is 0 Å². The van der Waals surface area contributed by atoms with Crippen LogP contribution in [0.15, 0.2) is 36.4 Å². The van der Waals surface area contributed by atoms with Crippen LogP contribution in [-0.2, 0) is 11.2 Å². The van der Waals surface area contributed by atoms with Crippen LogP contribution in [0.25, 0.3) is 0 Å². The number of halogens is 1. The molecular weight excluding hydrogens is 312 g/mol. The maximum atomic E-state index is 12.5. The molecule has 0 atom stereocenters. The topological polar surface area (TPSA) is 55.6 Å². The van der Waals surface area contributed by atoms with Gasteiger partial charge < -0.3 is 15.4 Å². The van der Waals surface area contributed by atoms with Gasteiger partial charge in [-0.05, 0) is 61.2 Å². The first-order valence-electron chi connectivity index (χ1n) is 7.63. The lowest BCUT2D eigenvalue weighted by atomic mass is 10.00. The van der Waals surface area contributed by atoms with Crippen molar-refractivity contribution in [2.45, 2.75) is 19.8 Å². The number of benzene rings is 2. The molecule has 1 aliphatic rings. The van der Waals surface area contributed by atoms with Crippen molar-refractivity contribution in [1.82, 2.24) is 0 Å². The van der Waals surface area contributed by atoms with Crippen LogP contribution in [0.3, 0.4) is 0 Å². The Kier molecular flexibility index (Phi) is 4.44. The second kappa shape index (κ2) is 6.50. The Balaban J connectivity index is 1.72. The first kappa shape index (κ1) is 15.7. The third kappa shape index (κ3) is 3.27. The number of nitrogens with zero attached hydrogens (tertiary/aromatic N) is 1. The second-order valence-electron chi connectivity index (χ2n) is 5.69. The molecule has 1 heterocycles. The van der Waals surface area contributed by atoms with Crippen molar-refractivity contribution in [3.8, 4) is 5.75 Å². The van der Waals surface area contributed by atoms with Gasteiger partial charge in [-0.15, -0.1) is 0 Å². The van der Waals surface area contributed by atoms with Gasteiger partial charge in [-0.2, -0.15) is 0 Å². The fourth-order valence-electron chi connectivity index (χ4n) is 2.84. The van der Waals surface area contributed by atoms with Gasteiger partial charge in [0.05, 0.1) is 0 Å². The third-order valence-corrected chi connectivity index (χ3v) is 4.50. The lowest BCUT2D eigenvalue weighted by Crippen LogP contribution is -2.38. The molecule has 0 radical (unpaired) electrons. The molecule has 0 bridgehead atoms. The molecule has 2 aromatic carbocycles. The molecule has 0 unspecified atom stereocenters. The summed E-state index contributed by atoms with van der Waals surface area (Å²) in [6.45, 7) is 2.59. The van der Waals surface area contributed by atoms with Gasteiger partial charge in [-0.1, -0.05) is 17.7 Å². The van der Waals surface area contributed by atoms with Crippen LogP contribution in [0, 0.1) is 6.92 Å². The van der Waals surface area contributed by atoms with Gasteiger partial charge in [-0.25, -0.2) is 0 Å². The van der Waals surface area contributed by atoms with Crippen LogP contribution in [0.2, 0.25) is 5.02 Å². The van der Waals surface area contributed by atoms with E-state index in [0.717, 1.165) is 35.3 Å². The predicted molar refractivity (Wildman–Crippen MR) is 93.2 cm³/mol. The molecule has 0 fully saturated rings. The molecule has 0 saturated carbocycles. The van der Waals surface area contributed by atoms with Gasteiger partial charge in [-0.3, -0.25) is 4.79 Å². The highest BCUT2D eigenvalue weighted by Crippen LogP contribution is 2.31. The van der Waals surface area contributed by atoms with Gasteiger partial charge in [0.25, 0.3) is 5.91 Å². The van der Waals surface area contributed by atoms with Crippen molar-refractivity contribution in [1.29, 1.82) is 0 Å². The van der Waals surface area contributed by atoms with E-state index in [0.29, 0.717) is 17.3 Å². The van der Waals surface area contributed by atoms with Crippen molar-refractivity contribution >= 4 is 28.9 Å². The Labute approximate surface area is 140 Å². The fourth-order valence-corrected chi connectivity index (χ4v) is 2.96. The molecule has 3 rings (SSSR count). The number of nitrogens with two attached hydrogens (primary N) is 1. The zero-order valence-corrected chi connectivity index (χ0v) is 13.8. The smallest absolute Gasteiger partial charge is 0.264 e. The first-order chi connectivity index (χ1) is 11.1. The lowest BCUT2D eigenvalue weighted by molar-refractivity contribution is -0.120. The second-order valence-corrected chi connectivity index (χ2v) is 6.10. The Morgan fingerprint density at radius 3 is 2.96 bits per heavy atom. The normalized spacial score (nSPS) is 13.6. The number of carbonyl (C=O) groups is 1. The predicted octanol–water partition coefficient (Wildman–Crippen LogP) is 3.59. The highest BCUT2D eigenvalue weighted by molar-refractivity contribution is 6.31. The number of carbonyl (C=O) groups excluding carboxylic acids is 1. The monoisotopic (exact) mass is 330 g/mol. The fraction of sp³-hybridized carbons (Fsp3) is 0.278. The molecule has 120 valence electrons. The molecule has 2 aromatic rings. The Morgan fingerprint density at radius 1 is 1.35 bits per heavy atom. The van der Waals surface area contributed by atoms with Crippen LogP contribution in [0.1, 0.15) is 17.5 Å². The minimum absolute atomic E-state index is 0.00465.